The van der Waals surface area contributed by atoms with E-state index in [1.165, 1.54) is 0 Å². The first kappa shape index (κ1) is 18.7. The molecular weight excluding hydrogens is 318 g/mol. The predicted octanol–water partition coefficient (Wildman–Crippen LogP) is 4.05. The van der Waals surface area contributed by atoms with Crippen molar-refractivity contribution in [2.24, 2.45) is 0 Å². The Morgan fingerprint density at radius 2 is 2.00 bits per heavy atom. The number of nitrogens with zero attached hydrogens (tertiary/aromatic N) is 2. The number of carbonyl (C=O) groups is 2. The molecule has 1 aromatic heterocycles. The van der Waals surface area contributed by atoms with Crippen LogP contribution in [-0.4, -0.2) is 27.0 Å². The van der Waals surface area contributed by atoms with Crippen LogP contribution in [0.2, 0.25) is 0 Å². The third-order valence-electron chi connectivity index (χ3n) is 3.52. The van der Waals surface area contributed by atoms with Gasteiger partial charge < -0.3 is 14.1 Å². The minimum Gasteiger partial charge on any atom is -0.444 e. The van der Waals surface area contributed by atoms with Crippen molar-refractivity contribution in [2.45, 2.75) is 53.1 Å². The second kappa shape index (κ2) is 7.51. The molecule has 1 amide bonds. The molecule has 0 aliphatic carbocycles. The fourth-order valence-corrected chi connectivity index (χ4v) is 2.26. The molecule has 0 saturated heterocycles. The molecule has 0 unspecified atom stereocenters. The first-order chi connectivity index (χ1) is 11.6. The van der Waals surface area contributed by atoms with Crippen LogP contribution in [0.25, 0.3) is 5.69 Å². The van der Waals surface area contributed by atoms with Gasteiger partial charge in [0.2, 0.25) is 0 Å². The number of aromatic nitrogens is 2. The van der Waals surface area contributed by atoms with Crippen LogP contribution in [0.1, 0.15) is 45.4 Å². The number of hydrogen-bond acceptors (Lipinski definition) is 4. The van der Waals surface area contributed by atoms with Gasteiger partial charge in [-0.25, -0.2) is 9.78 Å². The van der Waals surface area contributed by atoms with Gasteiger partial charge in [0.15, 0.2) is 0 Å². The van der Waals surface area contributed by atoms with Gasteiger partial charge in [0.05, 0.1) is 12.0 Å². The molecule has 0 aliphatic rings. The van der Waals surface area contributed by atoms with Crippen LogP contribution >= 0.6 is 0 Å². The zero-order valence-corrected chi connectivity index (χ0v) is 15.4. The molecule has 6 nitrogen and oxygen atoms in total. The lowest BCUT2D eigenvalue weighted by atomic mass is 10.1. The van der Waals surface area contributed by atoms with E-state index in [0.29, 0.717) is 18.5 Å². The van der Waals surface area contributed by atoms with Gasteiger partial charge in [-0.1, -0.05) is 6.07 Å². The lowest BCUT2D eigenvalue weighted by Crippen LogP contribution is -2.27. The summed E-state index contributed by atoms with van der Waals surface area (Å²) in [5.74, 6) is 0.147. The molecule has 2 rings (SSSR count). The number of hydrogen-bond donors (Lipinski definition) is 1. The lowest BCUT2D eigenvalue weighted by Gasteiger charge is -2.20. The van der Waals surface area contributed by atoms with E-state index in [1.54, 1.807) is 13.3 Å². The molecule has 0 spiro atoms. The summed E-state index contributed by atoms with van der Waals surface area (Å²) >= 11 is 0. The average molecular weight is 343 g/mol. The highest BCUT2D eigenvalue weighted by Gasteiger charge is 2.17. The fourth-order valence-electron chi connectivity index (χ4n) is 2.26. The molecule has 0 atom stereocenters. The first-order valence-corrected chi connectivity index (χ1v) is 8.27. The number of amides is 1. The summed E-state index contributed by atoms with van der Waals surface area (Å²) in [4.78, 5) is 27.4. The Hall–Kier alpha value is -2.63. The molecule has 2 aromatic rings. The van der Waals surface area contributed by atoms with E-state index >= 15 is 0 Å². The highest BCUT2D eigenvalue weighted by atomic mass is 16.6. The number of ether oxygens (including phenoxy) is 1. The molecule has 25 heavy (non-hydrogen) atoms. The summed E-state index contributed by atoms with van der Waals surface area (Å²) in [6.07, 6.45) is 4.22. The molecular formula is C19H25N3O3. The number of benzene rings is 1. The smallest absolute Gasteiger partial charge is 0.412 e. The Labute approximate surface area is 148 Å². The van der Waals surface area contributed by atoms with Crippen molar-refractivity contribution in [3.63, 3.8) is 0 Å². The molecule has 1 N–H and O–H groups in total. The maximum Gasteiger partial charge on any atom is 0.412 e. The number of anilines is 1. The molecule has 6 heteroatoms. The van der Waals surface area contributed by atoms with Crippen molar-refractivity contribution in [2.75, 3.05) is 5.32 Å². The van der Waals surface area contributed by atoms with E-state index in [2.05, 4.69) is 10.3 Å². The van der Waals surface area contributed by atoms with Crippen LogP contribution in [0, 0.1) is 6.92 Å². The van der Waals surface area contributed by atoms with Crippen LogP contribution in [0.4, 0.5) is 10.5 Å². The van der Waals surface area contributed by atoms with E-state index in [9.17, 15) is 9.59 Å². The maximum atomic E-state index is 12.0. The predicted molar refractivity (Wildman–Crippen MR) is 97.2 cm³/mol. The van der Waals surface area contributed by atoms with Crippen LogP contribution in [0.5, 0.6) is 0 Å². The Morgan fingerprint density at radius 1 is 1.28 bits per heavy atom. The third kappa shape index (κ3) is 5.74. The first-order valence-electron chi connectivity index (χ1n) is 8.27. The van der Waals surface area contributed by atoms with Gasteiger partial charge in [-0.15, -0.1) is 0 Å². The van der Waals surface area contributed by atoms with Crippen LogP contribution in [0.3, 0.4) is 0 Å². The standard InChI is InChI=1S/C19H25N3O3/c1-13-6-9-16(10-17(13)21-18(24)25-19(3,4)5)22-11-15(20-12-22)8-7-14(2)23/h6,9-12H,7-8H2,1-5H3,(H,21,24). The van der Waals surface area contributed by atoms with Crippen LogP contribution in [-0.2, 0) is 16.0 Å². The summed E-state index contributed by atoms with van der Waals surface area (Å²) in [6.45, 7) is 8.96. The zero-order valence-electron chi connectivity index (χ0n) is 15.4. The van der Waals surface area contributed by atoms with E-state index in [-0.39, 0.29) is 5.78 Å². The minimum atomic E-state index is -0.550. The summed E-state index contributed by atoms with van der Waals surface area (Å²) < 4.78 is 7.17. The van der Waals surface area contributed by atoms with Gasteiger partial charge >= 0.3 is 6.09 Å². The van der Waals surface area contributed by atoms with Gasteiger partial charge in [0, 0.05) is 24.0 Å². The summed E-state index contributed by atoms with van der Waals surface area (Å²) in [7, 11) is 0. The SMILES string of the molecule is CC(=O)CCc1cn(-c2ccc(C)c(NC(=O)OC(C)(C)C)c2)cn1. The Morgan fingerprint density at radius 3 is 2.64 bits per heavy atom. The number of carbonyl (C=O) groups excluding carboxylic acids is 2. The molecule has 0 fully saturated rings. The summed E-state index contributed by atoms with van der Waals surface area (Å²) in [5, 5.41) is 2.78. The molecule has 0 bridgehead atoms. The van der Waals surface area contributed by atoms with Crippen molar-refractivity contribution in [3.05, 3.63) is 42.0 Å². The largest absolute Gasteiger partial charge is 0.444 e. The number of ketones is 1. The Bertz CT molecular complexity index is 772. The van der Waals surface area contributed by atoms with E-state index in [0.717, 1.165) is 16.9 Å². The molecule has 0 aliphatic heterocycles. The number of imidazole rings is 1. The monoisotopic (exact) mass is 343 g/mol. The van der Waals surface area contributed by atoms with Crippen molar-refractivity contribution < 1.29 is 14.3 Å². The minimum absolute atomic E-state index is 0.147. The number of aryl methyl sites for hydroxylation is 2. The molecule has 1 heterocycles. The van der Waals surface area contributed by atoms with Crippen LogP contribution in [0.15, 0.2) is 30.7 Å². The van der Waals surface area contributed by atoms with Crippen molar-refractivity contribution in [3.8, 4) is 5.69 Å². The third-order valence-corrected chi connectivity index (χ3v) is 3.52. The molecule has 134 valence electrons. The highest BCUT2D eigenvalue weighted by molar-refractivity contribution is 5.86. The number of nitrogens with one attached hydrogen (secondary N) is 1. The van der Waals surface area contributed by atoms with E-state index in [4.69, 9.17) is 4.74 Å². The summed E-state index contributed by atoms with van der Waals surface area (Å²) in [5.41, 5.74) is 2.80. The normalized spacial score (nSPS) is 11.2. The van der Waals surface area contributed by atoms with E-state index < -0.39 is 11.7 Å². The van der Waals surface area contributed by atoms with Gasteiger partial charge in [0.25, 0.3) is 0 Å². The average Bonchev–Trinajstić information content (AvgIpc) is 2.94. The fraction of sp³-hybridized carbons (Fsp3) is 0.421. The molecule has 0 saturated carbocycles. The van der Waals surface area contributed by atoms with Crippen molar-refractivity contribution in [1.29, 1.82) is 0 Å². The Balaban J connectivity index is 2.15. The van der Waals surface area contributed by atoms with Gasteiger partial charge in [-0.05, 0) is 58.7 Å². The number of rotatable bonds is 5. The topological polar surface area (TPSA) is 73.2 Å². The van der Waals surface area contributed by atoms with Gasteiger partial charge in [-0.3, -0.25) is 5.32 Å². The van der Waals surface area contributed by atoms with Gasteiger partial charge in [0.1, 0.15) is 11.4 Å². The quantitative estimate of drug-likeness (QED) is 0.889. The van der Waals surface area contributed by atoms with Gasteiger partial charge in [-0.2, -0.15) is 0 Å². The molecule has 0 radical (unpaired) electrons. The molecule has 1 aromatic carbocycles. The highest BCUT2D eigenvalue weighted by Crippen LogP contribution is 2.21. The second-order valence-corrected chi connectivity index (χ2v) is 7.10. The zero-order chi connectivity index (χ0) is 18.6. The number of Topliss-reactive ketones (excluding diaryl/α,β-unsaturated/α-hetero) is 1. The summed E-state index contributed by atoms with van der Waals surface area (Å²) in [6, 6.07) is 5.75. The van der Waals surface area contributed by atoms with Crippen molar-refractivity contribution in [1.82, 2.24) is 9.55 Å². The second-order valence-electron chi connectivity index (χ2n) is 7.10. The van der Waals surface area contributed by atoms with Crippen molar-refractivity contribution >= 4 is 17.6 Å². The van der Waals surface area contributed by atoms with E-state index in [1.807, 2.05) is 56.7 Å². The Kier molecular flexibility index (Phi) is 5.62. The lowest BCUT2D eigenvalue weighted by molar-refractivity contribution is -0.117. The van der Waals surface area contributed by atoms with Crippen LogP contribution < -0.4 is 5.32 Å². The maximum absolute atomic E-state index is 12.0.